The number of carbonyl (C=O) groups excluding carboxylic acids is 1. The zero-order valence-electron chi connectivity index (χ0n) is 18.6. The Labute approximate surface area is 204 Å². The van der Waals surface area contributed by atoms with Crippen LogP contribution in [0.25, 0.3) is 10.2 Å². The van der Waals surface area contributed by atoms with Gasteiger partial charge >= 0.3 is 0 Å². The standard InChI is InChI=1S/C25H25FN4O2S2/c26-19-7-5-17(6-8-19)15-30-24(32)22-21(10-14-34-22)28-25(30)29-12-1-3-18(16-29)23(31)27-11-9-20-4-2-13-33-20/h2,4-8,10,13-14,18H,1,3,9,11-12,15-16H2,(H,27,31)/t18-/m0/s1. The van der Waals surface area contributed by atoms with E-state index in [2.05, 4.69) is 16.3 Å². The number of nitrogens with one attached hydrogen (secondary N) is 1. The minimum absolute atomic E-state index is 0.0466. The van der Waals surface area contributed by atoms with E-state index in [0.29, 0.717) is 35.8 Å². The topological polar surface area (TPSA) is 67.2 Å². The van der Waals surface area contributed by atoms with Crippen molar-refractivity contribution in [1.29, 1.82) is 0 Å². The van der Waals surface area contributed by atoms with Crippen molar-refractivity contribution < 1.29 is 9.18 Å². The molecule has 1 N–H and O–H groups in total. The average molecular weight is 497 g/mol. The van der Waals surface area contributed by atoms with E-state index >= 15 is 0 Å². The van der Waals surface area contributed by atoms with Gasteiger partial charge < -0.3 is 10.2 Å². The molecule has 1 saturated heterocycles. The van der Waals surface area contributed by atoms with E-state index in [1.807, 2.05) is 22.9 Å². The molecule has 0 unspecified atom stereocenters. The van der Waals surface area contributed by atoms with Crippen molar-refractivity contribution in [1.82, 2.24) is 14.9 Å². The minimum atomic E-state index is -0.313. The van der Waals surface area contributed by atoms with Crippen molar-refractivity contribution in [2.45, 2.75) is 25.8 Å². The van der Waals surface area contributed by atoms with Crippen LogP contribution in [-0.2, 0) is 17.8 Å². The number of amides is 1. The molecule has 1 aromatic carbocycles. The molecule has 0 saturated carbocycles. The minimum Gasteiger partial charge on any atom is -0.355 e. The van der Waals surface area contributed by atoms with Gasteiger partial charge in [-0.3, -0.25) is 14.2 Å². The number of rotatable bonds is 7. The van der Waals surface area contributed by atoms with Crippen LogP contribution in [0.4, 0.5) is 10.3 Å². The van der Waals surface area contributed by atoms with E-state index < -0.39 is 0 Å². The molecule has 0 bridgehead atoms. The highest BCUT2D eigenvalue weighted by Gasteiger charge is 2.28. The fourth-order valence-electron chi connectivity index (χ4n) is 4.37. The lowest BCUT2D eigenvalue weighted by Gasteiger charge is -2.34. The molecule has 4 heterocycles. The van der Waals surface area contributed by atoms with Crippen LogP contribution in [0.15, 0.2) is 58.0 Å². The van der Waals surface area contributed by atoms with E-state index in [1.165, 1.54) is 28.3 Å². The van der Waals surface area contributed by atoms with Gasteiger partial charge in [-0.2, -0.15) is 0 Å². The third-order valence-electron chi connectivity index (χ3n) is 6.13. The summed E-state index contributed by atoms with van der Waals surface area (Å²) >= 11 is 3.07. The van der Waals surface area contributed by atoms with Gasteiger partial charge in [-0.05, 0) is 59.9 Å². The largest absolute Gasteiger partial charge is 0.355 e. The first-order valence-electron chi connectivity index (χ1n) is 11.4. The number of benzene rings is 1. The van der Waals surface area contributed by atoms with E-state index in [-0.39, 0.29) is 23.2 Å². The van der Waals surface area contributed by atoms with Crippen LogP contribution >= 0.6 is 22.7 Å². The zero-order valence-corrected chi connectivity index (χ0v) is 20.2. The van der Waals surface area contributed by atoms with E-state index in [1.54, 1.807) is 28.0 Å². The number of piperidine rings is 1. The normalized spacial score (nSPS) is 16.1. The number of halogens is 1. The Morgan fingerprint density at radius 3 is 2.79 bits per heavy atom. The molecule has 3 aromatic heterocycles. The van der Waals surface area contributed by atoms with Crippen LogP contribution in [-0.4, -0.2) is 35.1 Å². The predicted octanol–water partition coefficient (Wildman–Crippen LogP) is 4.28. The highest BCUT2D eigenvalue weighted by molar-refractivity contribution is 7.17. The van der Waals surface area contributed by atoms with Gasteiger partial charge in [-0.25, -0.2) is 9.37 Å². The summed E-state index contributed by atoms with van der Waals surface area (Å²) in [4.78, 5) is 34.4. The highest BCUT2D eigenvalue weighted by Crippen LogP contribution is 2.25. The summed E-state index contributed by atoms with van der Waals surface area (Å²) in [6, 6.07) is 12.1. The highest BCUT2D eigenvalue weighted by atomic mass is 32.1. The Kier molecular flexibility index (Phi) is 6.73. The number of carbonyl (C=O) groups is 1. The molecular weight excluding hydrogens is 471 g/mol. The quantitative estimate of drug-likeness (QED) is 0.415. The third kappa shape index (κ3) is 4.90. The molecule has 1 atom stereocenters. The van der Waals surface area contributed by atoms with Crippen LogP contribution in [0.3, 0.4) is 0 Å². The van der Waals surface area contributed by atoms with Gasteiger partial charge in [0.05, 0.1) is 18.0 Å². The first-order valence-corrected chi connectivity index (χ1v) is 13.1. The van der Waals surface area contributed by atoms with Crippen molar-refractivity contribution in [2.24, 2.45) is 5.92 Å². The summed E-state index contributed by atoms with van der Waals surface area (Å²) in [6.45, 7) is 2.15. The lowest BCUT2D eigenvalue weighted by atomic mass is 9.97. The second kappa shape index (κ2) is 10.1. The number of anilines is 1. The fourth-order valence-corrected chi connectivity index (χ4v) is 5.86. The molecule has 1 aliphatic heterocycles. The zero-order chi connectivity index (χ0) is 23.5. The van der Waals surface area contributed by atoms with Gasteiger partial charge in [0, 0.05) is 24.5 Å². The van der Waals surface area contributed by atoms with Crippen molar-refractivity contribution in [3.8, 4) is 0 Å². The van der Waals surface area contributed by atoms with Gasteiger partial charge in [0.2, 0.25) is 11.9 Å². The van der Waals surface area contributed by atoms with Gasteiger partial charge in [-0.15, -0.1) is 22.7 Å². The first kappa shape index (κ1) is 22.7. The maximum absolute atomic E-state index is 13.4. The Balaban J connectivity index is 1.37. The monoisotopic (exact) mass is 496 g/mol. The molecule has 1 fully saturated rings. The van der Waals surface area contributed by atoms with Gasteiger partial charge in [0.25, 0.3) is 5.56 Å². The molecule has 0 spiro atoms. The second-order valence-corrected chi connectivity index (χ2v) is 10.4. The summed E-state index contributed by atoms with van der Waals surface area (Å²) in [5, 5.41) is 6.98. The number of fused-ring (bicyclic) bond motifs is 1. The number of aromatic nitrogens is 2. The van der Waals surface area contributed by atoms with E-state index in [4.69, 9.17) is 4.98 Å². The maximum atomic E-state index is 13.4. The first-order chi connectivity index (χ1) is 16.6. The second-order valence-electron chi connectivity index (χ2n) is 8.47. The number of nitrogens with zero attached hydrogens (tertiary/aromatic N) is 3. The van der Waals surface area contributed by atoms with Crippen LogP contribution in [0.1, 0.15) is 23.3 Å². The van der Waals surface area contributed by atoms with E-state index in [0.717, 1.165) is 31.4 Å². The molecule has 4 aromatic rings. The molecule has 5 rings (SSSR count). The van der Waals surface area contributed by atoms with E-state index in [9.17, 15) is 14.0 Å². The molecule has 0 radical (unpaired) electrons. The predicted molar refractivity (Wildman–Crippen MR) is 135 cm³/mol. The summed E-state index contributed by atoms with van der Waals surface area (Å²) in [5.74, 6) is 0.139. The SMILES string of the molecule is O=C(NCCc1cccs1)[C@H]1CCCN(c2nc3ccsc3c(=O)n2Cc2ccc(F)cc2)C1. The molecule has 9 heteroatoms. The molecular formula is C25H25FN4O2S2. The van der Waals surface area contributed by atoms with Gasteiger partial charge in [0.1, 0.15) is 10.5 Å². The Morgan fingerprint density at radius 1 is 1.15 bits per heavy atom. The Morgan fingerprint density at radius 2 is 2.00 bits per heavy atom. The number of hydrogen-bond acceptors (Lipinski definition) is 6. The number of hydrogen-bond donors (Lipinski definition) is 1. The van der Waals surface area contributed by atoms with Crippen molar-refractivity contribution >= 4 is 44.7 Å². The molecule has 176 valence electrons. The summed E-state index contributed by atoms with van der Waals surface area (Å²) in [6.07, 6.45) is 2.48. The number of thiophene rings is 2. The summed E-state index contributed by atoms with van der Waals surface area (Å²) in [5.41, 5.74) is 1.38. The average Bonchev–Trinajstić information content (AvgIpc) is 3.54. The van der Waals surface area contributed by atoms with Gasteiger partial charge in [-0.1, -0.05) is 18.2 Å². The smallest absolute Gasteiger partial charge is 0.273 e. The van der Waals surface area contributed by atoms with Crippen molar-refractivity contribution in [3.05, 3.63) is 79.8 Å². The molecule has 34 heavy (non-hydrogen) atoms. The summed E-state index contributed by atoms with van der Waals surface area (Å²) < 4.78 is 15.7. The summed E-state index contributed by atoms with van der Waals surface area (Å²) in [7, 11) is 0. The molecule has 6 nitrogen and oxygen atoms in total. The fraction of sp³-hybridized carbons (Fsp3) is 0.320. The van der Waals surface area contributed by atoms with Crippen molar-refractivity contribution in [3.63, 3.8) is 0 Å². The molecule has 0 aliphatic carbocycles. The van der Waals surface area contributed by atoms with Gasteiger partial charge in [0.15, 0.2) is 0 Å². The maximum Gasteiger partial charge on any atom is 0.273 e. The lowest BCUT2D eigenvalue weighted by molar-refractivity contribution is -0.125. The van der Waals surface area contributed by atoms with Crippen LogP contribution in [0.5, 0.6) is 0 Å². The van der Waals surface area contributed by atoms with Crippen LogP contribution in [0.2, 0.25) is 0 Å². The molecule has 1 aliphatic rings. The third-order valence-corrected chi connectivity index (χ3v) is 7.95. The van der Waals surface area contributed by atoms with Crippen LogP contribution < -0.4 is 15.8 Å². The Hall–Kier alpha value is -3.04. The van der Waals surface area contributed by atoms with Crippen molar-refractivity contribution in [2.75, 3.05) is 24.5 Å². The molecule has 1 amide bonds. The Bertz CT molecular complexity index is 1330. The lowest BCUT2D eigenvalue weighted by Crippen LogP contribution is -2.45. The van der Waals surface area contributed by atoms with Crippen LogP contribution in [0, 0.1) is 11.7 Å².